The number of nitrogens with zero attached hydrogens (tertiary/aromatic N) is 1. The largest absolute Gasteiger partial charge is 0.299 e. The molecule has 0 fully saturated rings. The number of ketones is 1. The second-order valence-electron chi connectivity index (χ2n) is 4.85. The highest BCUT2D eigenvalue weighted by Crippen LogP contribution is 2.06. The summed E-state index contributed by atoms with van der Waals surface area (Å²) in [6, 6.07) is 5.86. The van der Waals surface area contributed by atoms with Gasteiger partial charge in [0.1, 0.15) is 5.82 Å². The molecule has 1 aromatic rings. The molecule has 0 saturated carbocycles. The lowest BCUT2D eigenvalue weighted by Crippen LogP contribution is -2.27. The van der Waals surface area contributed by atoms with Crippen molar-refractivity contribution in [3.8, 4) is 0 Å². The molecule has 1 aromatic carbocycles. The van der Waals surface area contributed by atoms with Crippen LogP contribution in [0.5, 0.6) is 0 Å². The number of halogens is 1. The van der Waals surface area contributed by atoms with Crippen molar-refractivity contribution < 1.29 is 9.18 Å². The highest BCUT2D eigenvalue weighted by Gasteiger charge is 2.10. The van der Waals surface area contributed by atoms with E-state index in [0.29, 0.717) is 18.0 Å². The van der Waals surface area contributed by atoms with Gasteiger partial charge in [0.05, 0.1) is 6.54 Å². The number of likely N-dealkylation sites (N-methyl/N-ethyl adjacent to an activating group) is 1. The van der Waals surface area contributed by atoms with Gasteiger partial charge in [0.15, 0.2) is 5.78 Å². The highest BCUT2D eigenvalue weighted by atomic mass is 19.1. The first-order valence-corrected chi connectivity index (χ1v) is 5.96. The van der Waals surface area contributed by atoms with Crippen molar-refractivity contribution in [1.82, 2.24) is 4.90 Å². The van der Waals surface area contributed by atoms with Crippen LogP contribution in [0.1, 0.15) is 30.6 Å². The molecule has 0 aromatic heterocycles. The van der Waals surface area contributed by atoms with Crippen molar-refractivity contribution >= 4 is 5.78 Å². The molecule has 94 valence electrons. The zero-order chi connectivity index (χ0) is 12.8. The lowest BCUT2D eigenvalue weighted by atomic mass is 10.1. The van der Waals surface area contributed by atoms with Gasteiger partial charge in [-0.05, 0) is 38.1 Å². The summed E-state index contributed by atoms with van der Waals surface area (Å²) in [5.74, 6) is 0.234. The van der Waals surface area contributed by atoms with Crippen LogP contribution in [0.4, 0.5) is 4.39 Å². The van der Waals surface area contributed by atoms with Gasteiger partial charge in [-0.1, -0.05) is 26.0 Å². The Labute approximate surface area is 102 Å². The van der Waals surface area contributed by atoms with E-state index in [1.165, 1.54) is 12.1 Å². The third-order valence-electron chi connectivity index (χ3n) is 2.65. The van der Waals surface area contributed by atoms with E-state index in [-0.39, 0.29) is 11.6 Å². The number of hydrogen-bond donors (Lipinski definition) is 0. The maximum Gasteiger partial charge on any atom is 0.176 e. The number of hydrogen-bond acceptors (Lipinski definition) is 2. The van der Waals surface area contributed by atoms with Crippen molar-refractivity contribution in [1.29, 1.82) is 0 Å². The second kappa shape index (κ2) is 6.50. The zero-order valence-electron chi connectivity index (χ0n) is 10.7. The minimum absolute atomic E-state index is 0.0317. The van der Waals surface area contributed by atoms with Gasteiger partial charge < -0.3 is 0 Å². The summed E-state index contributed by atoms with van der Waals surface area (Å²) >= 11 is 0. The summed E-state index contributed by atoms with van der Waals surface area (Å²) in [7, 11) is 1.92. The van der Waals surface area contributed by atoms with Crippen LogP contribution in [-0.4, -0.2) is 30.8 Å². The molecule has 0 atom stereocenters. The third kappa shape index (κ3) is 5.09. The maximum absolute atomic E-state index is 13.0. The molecule has 0 aliphatic rings. The summed E-state index contributed by atoms with van der Waals surface area (Å²) in [5, 5.41) is 0. The molecule has 17 heavy (non-hydrogen) atoms. The number of Topliss-reactive ketones (excluding diaryl/α,β-unsaturated/α-hetero) is 1. The minimum Gasteiger partial charge on any atom is -0.299 e. The van der Waals surface area contributed by atoms with Gasteiger partial charge in [-0.25, -0.2) is 4.39 Å². The Hall–Kier alpha value is -1.22. The standard InChI is InChI=1S/C14H20FNO/c1-11(2)7-8-16(3)10-14(17)12-5-4-6-13(15)9-12/h4-6,9,11H,7-8,10H2,1-3H3. The van der Waals surface area contributed by atoms with Crippen molar-refractivity contribution in [2.24, 2.45) is 5.92 Å². The Kier molecular flexibility index (Phi) is 5.29. The molecule has 0 amide bonds. The smallest absolute Gasteiger partial charge is 0.176 e. The lowest BCUT2D eigenvalue weighted by Gasteiger charge is -2.16. The summed E-state index contributed by atoms with van der Waals surface area (Å²) in [6.45, 7) is 5.54. The van der Waals surface area contributed by atoms with Gasteiger partial charge in [0, 0.05) is 5.56 Å². The van der Waals surface area contributed by atoms with Gasteiger partial charge in [-0.2, -0.15) is 0 Å². The molecule has 1 rings (SSSR count). The first kappa shape index (κ1) is 13.8. The molecule has 3 heteroatoms. The van der Waals surface area contributed by atoms with Gasteiger partial charge >= 0.3 is 0 Å². The Morgan fingerprint density at radius 3 is 2.71 bits per heavy atom. The Bertz CT molecular complexity index is 376. The summed E-state index contributed by atoms with van der Waals surface area (Å²) < 4.78 is 13.0. The molecule has 0 spiro atoms. The van der Waals surface area contributed by atoms with Gasteiger partial charge in [-0.3, -0.25) is 9.69 Å². The SMILES string of the molecule is CC(C)CCN(C)CC(=O)c1cccc(F)c1. The average molecular weight is 237 g/mol. The zero-order valence-corrected chi connectivity index (χ0v) is 10.7. The molecule has 0 radical (unpaired) electrons. The molecule has 0 aliphatic carbocycles. The Morgan fingerprint density at radius 1 is 1.41 bits per heavy atom. The monoisotopic (exact) mass is 237 g/mol. The van der Waals surface area contributed by atoms with Crippen LogP contribution in [0, 0.1) is 11.7 Å². The molecule has 0 unspecified atom stereocenters. The van der Waals surface area contributed by atoms with E-state index in [2.05, 4.69) is 13.8 Å². The molecular weight excluding hydrogens is 217 g/mol. The number of carbonyl (C=O) groups is 1. The molecule has 0 heterocycles. The first-order chi connectivity index (χ1) is 7.99. The van der Waals surface area contributed by atoms with Crippen LogP contribution in [-0.2, 0) is 0 Å². The van der Waals surface area contributed by atoms with E-state index < -0.39 is 0 Å². The fourth-order valence-electron chi connectivity index (χ4n) is 1.56. The fraction of sp³-hybridized carbons (Fsp3) is 0.500. The van der Waals surface area contributed by atoms with Gasteiger partial charge in [0.2, 0.25) is 0 Å². The van der Waals surface area contributed by atoms with Crippen LogP contribution >= 0.6 is 0 Å². The maximum atomic E-state index is 13.0. The van der Waals surface area contributed by atoms with Crippen molar-refractivity contribution in [2.45, 2.75) is 20.3 Å². The van der Waals surface area contributed by atoms with Crippen LogP contribution in [0.2, 0.25) is 0 Å². The topological polar surface area (TPSA) is 20.3 Å². The van der Waals surface area contributed by atoms with E-state index in [4.69, 9.17) is 0 Å². The van der Waals surface area contributed by atoms with Crippen molar-refractivity contribution in [3.05, 3.63) is 35.6 Å². The van der Waals surface area contributed by atoms with E-state index in [9.17, 15) is 9.18 Å². The average Bonchev–Trinajstić information content (AvgIpc) is 2.26. The number of benzene rings is 1. The van der Waals surface area contributed by atoms with Crippen LogP contribution in [0.3, 0.4) is 0 Å². The Morgan fingerprint density at radius 2 is 2.12 bits per heavy atom. The molecule has 0 N–H and O–H groups in total. The highest BCUT2D eigenvalue weighted by molar-refractivity contribution is 5.97. The summed E-state index contributed by atoms with van der Waals surface area (Å²) in [4.78, 5) is 13.8. The molecule has 0 saturated heterocycles. The molecular formula is C14H20FNO. The number of carbonyl (C=O) groups excluding carboxylic acids is 1. The predicted molar refractivity (Wildman–Crippen MR) is 67.7 cm³/mol. The quantitative estimate of drug-likeness (QED) is 0.709. The van der Waals surface area contributed by atoms with E-state index >= 15 is 0 Å². The van der Waals surface area contributed by atoms with Crippen LogP contribution < -0.4 is 0 Å². The van der Waals surface area contributed by atoms with Crippen LogP contribution in [0.25, 0.3) is 0 Å². The third-order valence-corrected chi connectivity index (χ3v) is 2.65. The second-order valence-corrected chi connectivity index (χ2v) is 4.85. The van der Waals surface area contributed by atoms with E-state index in [1.807, 2.05) is 11.9 Å². The van der Waals surface area contributed by atoms with Gasteiger partial charge in [-0.15, -0.1) is 0 Å². The Balaban J connectivity index is 2.49. The van der Waals surface area contributed by atoms with E-state index in [1.54, 1.807) is 12.1 Å². The first-order valence-electron chi connectivity index (χ1n) is 5.96. The normalized spacial score (nSPS) is 11.2. The van der Waals surface area contributed by atoms with E-state index in [0.717, 1.165) is 13.0 Å². The molecule has 2 nitrogen and oxygen atoms in total. The summed E-state index contributed by atoms with van der Waals surface area (Å²) in [6.07, 6.45) is 1.06. The fourth-order valence-corrected chi connectivity index (χ4v) is 1.56. The lowest BCUT2D eigenvalue weighted by molar-refractivity contribution is 0.0943. The van der Waals surface area contributed by atoms with Gasteiger partial charge in [0.25, 0.3) is 0 Å². The predicted octanol–water partition coefficient (Wildman–Crippen LogP) is 2.99. The molecule has 0 bridgehead atoms. The van der Waals surface area contributed by atoms with Crippen molar-refractivity contribution in [3.63, 3.8) is 0 Å². The van der Waals surface area contributed by atoms with Crippen molar-refractivity contribution in [2.75, 3.05) is 20.1 Å². The summed E-state index contributed by atoms with van der Waals surface area (Å²) in [5.41, 5.74) is 0.446. The number of rotatable bonds is 6. The minimum atomic E-state index is -0.360. The molecule has 0 aliphatic heterocycles. The van der Waals surface area contributed by atoms with Crippen LogP contribution in [0.15, 0.2) is 24.3 Å².